The van der Waals surface area contributed by atoms with Gasteiger partial charge >= 0.3 is 29.8 Å². The number of aliphatic hydroxyl groups excluding tert-OH is 1. The van der Waals surface area contributed by atoms with Crippen LogP contribution in [0.2, 0.25) is 0 Å². The van der Waals surface area contributed by atoms with E-state index in [0.717, 1.165) is 39.0 Å². The van der Waals surface area contributed by atoms with Crippen LogP contribution in [0.5, 0.6) is 0 Å². The fourth-order valence-electron chi connectivity index (χ4n) is 7.97. The molecule has 432 valence electrons. The second-order valence-corrected chi connectivity index (χ2v) is 19.0. The maximum absolute atomic E-state index is 13.6. The van der Waals surface area contributed by atoms with Crippen molar-refractivity contribution in [2.45, 2.75) is 210 Å². The van der Waals surface area contributed by atoms with E-state index in [2.05, 4.69) is 44.1 Å². The van der Waals surface area contributed by atoms with Crippen molar-refractivity contribution in [1.29, 1.82) is 0 Å². The number of carbonyl (C=O) groups is 12. The Morgan fingerprint density at radius 1 is 0.429 bits per heavy atom. The van der Waals surface area contributed by atoms with Gasteiger partial charge in [0.05, 0.1) is 19.1 Å². The average molecular weight is 1090 g/mol. The van der Waals surface area contributed by atoms with Gasteiger partial charge in [-0.2, -0.15) is 0 Å². The Bertz CT molecular complexity index is 2070. The van der Waals surface area contributed by atoms with Gasteiger partial charge in [0.15, 0.2) is 0 Å². The Balaban J connectivity index is 2.99. The van der Waals surface area contributed by atoms with E-state index >= 15 is 0 Å². The number of hydrogen-bond donors (Lipinski definition) is 13. The fraction of sp³-hybridized carbons (Fsp3) is 0.654. The second-order valence-electron chi connectivity index (χ2n) is 19.0. The van der Waals surface area contributed by atoms with Crippen molar-refractivity contribution in [2.75, 3.05) is 6.54 Å². The Hall–Kier alpha value is -7.18. The van der Waals surface area contributed by atoms with Crippen molar-refractivity contribution < 1.29 is 88.2 Å². The quantitative estimate of drug-likeness (QED) is 0.0416. The summed E-state index contributed by atoms with van der Waals surface area (Å²) >= 11 is 0. The second kappa shape index (κ2) is 39.2. The highest BCUT2D eigenvalue weighted by Crippen LogP contribution is 2.15. The van der Waals surface area contributed by atoms with Crippen molar-refractivity contribution in [3.05, 3.63) is 35.9 Å². The van der Waals surface area contributed by atoms with Gasteiger partial charge in [-0.1, -0.05) is 127 Å². The largest absolute Gasteiger partial charge is 0.481 e. The van der Waals surface area contributed by atoms with Gasteiger partial charge in [-0.25, -0.2) is 4.79 Å². The number of unbranched alkanes of at least 4 members (excludes halogenated alkanes) is 14. The van der Waals surface area contributed by atoms with Gasteiger partial charge < -0.3 is 67.9 Å². The van der Waals surface area contributed by atoms with Crippen LogP contribution in [-0.4, -0.2) is 151 Å². The van der Waals surface area contributed by atoms with Gasteiger partial charge in [0.25, 0.3) is 0 Å². The molecule has 0 aliphatic heterocycles. The lowest BCUT2D eigenvalue weighted by molar-refractivity contribution is -0.143. The molecule has 77 heavy (non-hydrogen) atoms. The maximum Gasteiger partial charge on any atom is 0.326 e. The Morgan fingerprint density at radius 2 is 0.831 bits per heavy atom. The maximum atomic E-state index is 13.6. The molecule has 0 aromatic heterocycles. The molecule has 7 amide bonds. The van der Waals surface area contributed by atoms with Crippen LogP contribution < -0.4 is 37.2 Å². The number of nitrogens with one attached hydrogen (secondary N) is 7. The fourth-order valence-corrected chi connectivity index (χ4v) is 7.97. The minimum atomic E-state index is -1.85. The summed E-state index contributed by atoms with van der Waals surface area (Å²) in [7, 11) is 0. The SMILES string of the molecule is CCCCCCCCCCCCCCCCCC(=O)N[C@@H](CC(=O)O)C(=O)N[C@@H](CCC(=O)O)C(=O)NCC(=O)N[C@@H](CCC(=O)O)C(=O)N[C@@H](CCC(=O)O)C(=O)N[C@H](C(=O)N[C@@H](Cc1ccccc1)C(=O)O)[C@@H](C)O. The summed E-state index contributed by atoms with van der Waals surface area (Å²) in [5.74, 6) is -15.0. The molecule has 1 aromatic carbocycles. The number of hydrogen-bond acceptors (Lipinski definition) is 13. The van der Waals surface area contributed by atoms with Crippen LogP contribution in [-0.2, 0) is 64.0 Å². The van der Waals surface area contributed by atoms with Gasteiger partial charge in [0.1, 0.15) is 36.3 Å². The number of carboxylic acids is 5. The Kier molecular flexibility index (Phi) is 34.6. The molecule has 0 aliphatic rings. The van der Waals surface area contributed by atoms with Crippen LogP contribution in [0.25, 0.3) is 0 Å². The molecule has 25 heteroatoms. The van der Waals surface area contributed by atoms with E-state index in [1.54, 1.807) is 30.3 Å². The molecule has 0 aliphatic carbocycles. The third-order valence-electron chi connectivity index (χ3n) is 12.3. The summed E-state index contributed by atoms with van der Waals surface area (Å²) in [6.45, 7) is 2.30. The topological polar surface area (TPSA) is 410 Å². The van der Waals surface area contributed by atoms with E-state index < -0.39 is 165 Å². The van der Waals surface area contributed by atoms with E-state index in [9.17, 15) is 88.2 Å². The van der Waals surface area contributed by atoms with E-state index in [-0.39, 0.29) is 12.8 Å². The first-order valence-electron chi connectivity index (χ1n) is 26.4. The van der Waals surface area contributed by atoms with Crippen LogP contribution in [0.15, 0.2) is 30.3 Å². The standard InChI is InChI=1S/C52H81N7O18/c1-3-4-5-6-7-8-9-10-11-12-13-14-15-16-20-23-40(61)55-38(31-45(69)70)50(74)56-35(24-27-42(63)64)47(71)53-32-41(62)54-36(25-28-43(65)66)48(72)57-37(26-29-44(67)68)49(73)59-46(33(2)60)51(75)58-39(52(76)77)30-34-21-18-17-19-22-34/h17-19,21-22,33,35-39,46,60H,3-16,20,23-32H2,1-2H3,(H,53,71)(H,54,62)(H,55,61)(H,56,74)(H,57,72)(H,58,75)(H,59,73)(H,63,64)(H,65,66)(H,67,68)(H,69,70)(H,76,77)/t33-,35+,36+,37+,38+,39+,46+/m1/s1. The van der Waals surface area contributed by atoms with Crippen LogP contribution in [0.3, 0.4) is 0 Å². The number of rotatable bonds is 44. The summed E-state index contributed by atoms with van der Waals surface area (Å²) in [5, 5.41) is 73.3. The minimum Gasteiger partial charge on any atom is -0.481 e. The zero-order chi connectivity index (χ0) is 57.7. The summed E-state index contributed by atoms with van der Waals surface area (Å²) in [4.78, 5) is 151. The summed E-state index contributed by atoms with van der Waals surface area (Å²) in [5.41, 5.74) is 0.524. The van der Waals surface area contributed by atoms with E-state index in [1.165, 1.54) is 57.8 Å². The van der Waals surface area contributed by atoms with Gasteiger partial charge in [0, 0.05) is 32.1 Å². The van der Waals surface area contributed by atoms with E-state index in [0.29, 0.717) is 12.0 Å². The van der Waals surface area contributed by atoms with Crippen molar-refractivity contribution in [1.82, 2.24) is 37.2 Å². The highest BCUT2D eigenvalue weighted by atomic mass is 16.4. The average Bonchev–Trinajstić information content (AvgIpc) is 3.36. The first-order chi connectivity index (χ1) is 36.5. The minimum absolute atomic E-state index is 0.0179. The third-order valence-corrected chi connectivity index (χ3v) is 12.3. The van der Waals surface area contributed by atoms with Gasteiger partial charge in [0.2, 0.25) is 41.4 Å². The monoisotopic (exact) mass is 1090 g/mol. The molecular weight excluding hydrogens is 1010 g/mol. The van der Waals surface area contributed by atoms with Gasteiger partial charge in [-0.3, -0.25) is 52.7 Å². The van der Waals surface area contributed by atoms with Crippen molar-refractivity contribution >= 4 is 71.2 Å². The molecule has 0 unspecified atom stereocenters. The molecule has 7 atom stereocenters. The zero-order valence-corrected chi connectivity index (χ0v) is 44.2. The normalized spacial score (nSPS) is 13.6. The lowest BCUT2D eigenvalue weighted by Crippen LogP contribution is -2.60. The van der Waals surface area contributed by atoms with E-state index in [1.807, 2.05) is 0 Å². The van der Waals surface area contributed by atoms with Crippen molar-refractivity contribution in [3.8, 4) is 0 Å². The number of carbonyl (C=O) groups excluding carboxylic acids is 7. The summed E-state index contributed by atoms with van der Waals surface area (Å²) in [6, 6.07) is -2.23. The molecular formula is C52H81N7O18. The molecule has 0 spiro atoms. The highest BCUT2D eigenvalue weighted by molar-refractivity contribution is 5.97. The smallest absolute Gasteiger partial charge is 0.326 e. The van der Waals surface area contributed by atoms with Crippen LogP contribution in [0.4, 0.5) is 0 Å². The van der Waals surface area contributed by atoms with Crippen LogP contribution in [0, 0.1) is 0 Å². The molecule has 1 rings (SSSR count). The molecule has 1 aromatic rings. The van der Waals surface area contributed by atoms with Crippen molar-refractivity contribution in [3.63, 3.8) is 0 Å². The first-order valence-corrected chi connectivity index (χ1v) is 26.4. The van der Waals surface area contributed by atoms with E-state index in [4.69, 9.17) is 0 Å². The molecule has 0 saturated heterocycles. The number of benzene rings is 1. The molecule has 13 N–H and O–H groups in total. The predicted molar refractivity (Wildman–Crippen MR) is 276 cm³/mol. The Morgan fingerprint density at radius 3 is 1.27 bits per heavy atom. The van der Waals surface area contributed by atoms with Crippen LogP contribution in [0.1, 0.15) is 167 Å². The Labute approximate surface area is 448 Å². The molecule has 25 nitrogen and oxygen atoms in total. The zero-order valence-electron chi connectivity index (χ0n) is 44.2. The molecule has 0 saturated carbocycles. The molecule has 0 radical (unpaired) electrons. The third kappa shape index (κ3) is 32.1. The number of amides is 7. The van der Waals surface area contributed by atoms with Crippen LogP contribution >= 0.6 is 0 Å². The molecule has 0 fully saturated rings. The van der Waals surface area contributed by atoms with Gasteiger partial charge in [-0.15, -0.1) is 0 Å². The molecule has 0 bridgehead atoms. The number of aliphatic hydroxyl groups is 1. The number of aliphatic carboxylic acids is 5. The molecule has 0 heterocycles. The first kappa shape index (κ1) is 67.8. The highest BCUT2D eigenvalue weighted by Gasteiger charge is 2.35. The van der Waals surface area contributed by atoms with Crippen molar-refractivity contribution in [2.24, 2.45) is 0 Å². The number of carboxylic acid groups (broad SMARTS) is 5. The predicted octanol–water partition coefficient (Wildman–Crippen LogP) is 2.05. The summed E-state index contributed by atoms with van der Waals surface area (Å²) in [6.07, 6.45) is 9.74. The van der Waals surface area contributed by atoms with Gasteiger partial charge in [-0.05, 0) is 38.2 Å². The lowest BCUT2D eigenvalue weighted by Gasteiger charge is -2.27. The summed E-state index contributed by atoms with van der Waals surface area (Å²) < 4.78 is 0. The lowest BCUT2D eigenvalue weighted by atomic mass is 10.0.